The van der Waals surface area contributed by atoms with E-state index < -0.39 is 5.97 Å². The van der Waals surface area contributed by atoms with Crippen LogP contribution in [0.3, 0.4) is 0 Å². The van der Waals surface area contributed by atoms with Gasteiger partial charge in [0.2, 0.25) is 0 Å². The van der Waals surface area contributed by atoms with E-state index in [9.17, 15) is 9.59 Å². The van der Waals surface area contributed by atoms with Gasteiger partial charge in [0.1, 0.15) is 5.75 Å². The molecule has 0 aliphatic carbocycles. The summed E-state index contributed by atoms with van der Waals surface area (Å²) in [5.74, 6) is -0.0852. The van der Waals surface area contributed by atoms with Gasteiger partial charge in [-0.05, 0) is 61.7 Å². The molecule has 25 heavy (non-hydrogen) atoms. The molecule has 1 amide bonds. The van der Waals surface area contributed by atoms with Gasteiger partial charge in [-0.1, -0.05) is 19.1 Å². The summed E-state index contributed by atoms with van der Waals surface area (Å²) < 4.78 is 10.3. The summed E-state index contributed by atoms with van der Waals surface area (Å²) in [5, 5.41) is 2.91. The van der Waals surface area contributed by atoms with Crippen molar-refractivity contribution in [2.24, 2.45) is 0 Å². The predicted octanol–water partition coefficient (Wildman–Crippen LogP) is 3.89. The van der Waals surface area contributed by atoms with Crippen molar-refractivity contribution < 1.29 is 19.1 Å². The summed E-state index contributed by atoms with van der Waals surface area (Å²) in [6.07, 6.45) is 0.774. The second kappa shape index (κ2) is 8.87. The second-order valence-corrected chi connectivity index (χ2v) is 5.74. The third-order valence-electron chi connectivity index (χ3n) is 3.79. The van der Waals surface area contributed by atoms with E-state index >= 15 is 0 Å². The Balaban J connectivity index is 1.94. The summed E-state index contributed by atoms with van der Waals surface area (Å²) in [6.45, 7) is 6.14. The first-order valence-corrected chi connectivity index (χ1v) is 8.27. The number of hydrogen-bond acceptors (Lipinski definition) is 4. The first-order chi connectivity index (χ1) is 12.0. The lowest BCUT2D eigenvalue weighted by atomic mass is 10.1. The lowest BCUT2D eigenvalue weighted by Gasteiger charge is -2.11. The summed E-state index contributed by atoms with van der Waals surface area (Å²) in [7, 11) is 0. The summed E-state index contributed by atoms with van der Waals surface area (Å²) in [6, 6.07) is 12.4. The van der Waals surface area contributed by atoms with E-state index in [-0.39, 0.29) is 12.5 Å². The van der Waals surface area contributed by atoms with Crippen LogP contribution in [-0.2, 0) is 9.53 Å². The molecule has 0 spiro atoms. The van der Waals surface area contributed by atoms with E-state index in [1.54, 1.807) is 24.3 Å². The number of benzene rings is 2. The van der Waals surface area contributed by atoms with Crippen molar-refractivity contribution in [1.29, 1.82) is 0 Å². The predicted molar refractivity (Wildman–Crippen MR) is 97.1 cm³/mol. The van der Waals surface area contributed by atoms with E-state index in [1.807, 2.05) is 39.0 Å². The zero-order chi connectivity index (χ0) is 18.2. The smallest absolute Gasteiger partial charge is 0.344 e. The van der Waals surface area contributed by atoms with Gasteiger partial charge in [0, 0.05) is 11.3 Å². The lowest BCUT2D eigenvalue weighted by molar-refractivity contribution is -0.146. The van der Waals surface area contributed by atoms with Gasteiger partial charge in [-0.15, -0.1) is 0 Å². The number of aryl methyl sites for hydroxylation is 1. The quantitative estimate of drug-likeness (QED) is 0.776. The molecule has 0 fully saturated rings. The third kappa shape index (κ3) is 5.35. The highest BCUT2D eigenvalue weighted by molar-refractivity contribution is 6.04. The van der Waals surface area contributed by atoms with Crippen molar-refractivity contribution in [3.63, 3.8) is 0 Å². The number of amides is 1. The van der Waals surface area contributed by atoms with Crippen molar-refractivity contribution in [2.45, 2.75) is 27.2 Å². The van der Waals surface area contributed by atoms with E-state index in [0.29, 0.717) is 17.9 Å². The number of carbonyl (C=O) groups is 2. The van der Waals surface area contributed by atoms with Crippen molar-refractivity contribution in [3.8, 4) is 5.75 Å². The minimum absolute atomic E-state index is 0.145. The Morgan fingerprint density at radius 2 is 1.76 bits per heavy atom. The highest BCUT2D eigenvalue weighted by Crippen LogP contribution is 2.19. The topological polar surface area (TPSA) is 64.6 Å². The van der Waals surface area contributed by atoms with Gasteiger partial charge < -0.3 is 14.8 Å². The van der Waals surface area contributed by atoms with E-state index in [1.165, 1.54) is 0 Å². The first-order valence-electron chi connectivity index (χ1n) is 8.27. The maximum atomic E-state index is 12.3. The van der Waals surface area contributed by atoms with Crippen LogP contribution in [0.2, 0.25) is 0 Å². The number of esters is 1. The number of rotatable bonds is 7. The minimum atomic E-state index is -0.404. The van der Waals surface area contributed by atoms with Gasteiger partial charge in [0.15, 0.2) is 6.61 Å². The largest absolute Gasteiger partial charge is 0.482 e. The molecule has 0 atom stereocenters. The molecule has 0 aromatic heterocycles. The van der Waals surface area contributed by atoms with Crippen LogP contribution in [0.4, 0.5) is 5.69 Å². The fourth-order valence-electron chi connectivity index (χ4n) is 2.18. The normalized spacial score (nSPS) is 10.2. The number of anilines is 1. The van der Waals surface area contributed by atoms with Crippen LogP contribution in [0.5, 0.6) is 5.75 Å². The van der Waals surface area contributed by atoms with Crippen LogP contribution < -0.4 is 10.1 Å². The van der Waals surface area contributed by atoms with E-state index in [0.717, 1.165) is 23.2 Å². The molecule has 2 aromatic rings. The number of carbonyl (C=O) groups excluding carboxylic acids is 2. The Labute approximate surface area is 148 Å². The van der Waals surface area contributed by atoms with Crippen molar-refractivity contribution >= 4 is 17.6 Å². The fourth-order valence-corrected chi connectivity index (χ4v) is 2.18. The molecular weight excluding hydrogens is 318 g/mol. The first kappa shape index (κ1) is 18.5. The zero-order valence-electron chi connectivity index (χ0n) is 14.8. The summed E-state index contributed by atoms with van der Waals surface area (Å²) in [4.78, 5) is 23.7. The Hall–Kier alpha value is -2.82. The van der Waals surface area contributed by atoms with Crippen LogP contribution in [0, 0.1) is 13.8 Å². The molecule has 5 nitrogen and oxygen atoms in total. The van der Waals surface area contributed by atoms with Gasteiger partial charge in [-0.3, -0.25) is 4.79 Å². The molecule has 0 aliphatic rings. The fraction of sp³-hybridized carbons (Fsp3) is 0.300. The molecule has 0 unspecified atom stereocenters. The summed E-state index contributed by atoms with van der Waals surface area (Å²) >= 11 is 0. The lowest BCUT2D eigenvalue weighted by Crippen LogP contribution is -2.15. The number of nitrogens with one attached hydrogen (secondary N) is 1. The van der Waals surface area contributed by atoms with Crippen molar-refractivity contribution in [3.05, 3.63) is 59.2 Å². The molecule has 0 heterocycles. The number of ether oxygens (including phenoxy) is 2. The molecule has 0 saturated heterocycles. The molecule has 1 N–H and O–H groups in total. The van der Waals surface area contributed by atoms with Crippen molar-refractivity contribution in [2.75, 3.05) is 18.5 Å². The Bertz CT molecular complexity index is 738. The SMILES string of the molecule is CCCOC(=O)COc1ccc(C(=O)Nc2cccc(C)c2C)cc1. The van der Waals surface area contributed by atoms with Crippen molar-refractivity contribution in [1.82, 2.24) is 0 Å². The monoisotopic (exact) mass is 341 g/mol. The Kier molecular flexibility index (Phi) is 6.57. The molecular formula is C20H23NO4. The van der Waals surface area contributed by atoms with Crippen LogP contribution in [0.1, 0.15) is 34.8 Å². The van der Waals surface area contributed by atoms with Gasteiger partial charge in [-0.2, -0.15) is 0 Å². The van der Waals surface area contributed by atoms with E-state index in [2.05, 4.69) is 5.32 Å². The van der Waals surface area contributed by atoms with Crippen LogP contribution in [0.15, 0.2) is 42.5 Å². The summed E-state index contributed by atoms with van der Waals surface area (Å²) in [5.41, 5.74) is 3.48. The maximum Gasteiger partial charge on any atom is 0.344 e. The van der Waals surface area contributed by atoms with Gasteiger partial charge >= 0.3 is 5.97 Å². The molecule has 0 saturated carbocycles. The van der Waals surface area contributed by atoms with E-state index in [4.69, 9.17) is 9.47 Å². The molecule has 2 aromatic carbocycles. The highest BCUT2D eigenvalue weighted by Gasteiger charge is 2.09. The number of hydrogen-bond donors (Lipinski definition) is 1. The molecule has 0 radical (unpaired) electrons. The minimum Gasteiger partial charge on any atom is -0.482 e. The van der Waals surface area contributed by atoms with Crippen LogP contribution >= 0.6 is 0 Å². The Morgan fingerprint density at radius 1 is 1.04 bits per heavy atom. The standard InChI is InChI=1S/C20H23NO4/c1-4-12-24-19(22)13-25-17-10-8-16(9-11-17)20(23)21-18-7-5-6-14(2)15(18)3/h5-11H,4,12-13H2,1-3H3,(H,21,23). The molecule has 132 valence electrons. The average molecular weight is 341 g/mol. The third-order valence-corrected chi connectivity index (χ3v) is 3.79. The van der Waals surface area contributed by atoms with Gasteiger partial charge in [0.25, 0.3) is 5.91 Å². The maximum absolute atomic E-state index is 12.3. The van der Waals surface area contributed by atoms with Crippen LogP contribution in [0.25, 0.3) is 0 Å². The Morgan fingerprint density at radius 3 is 2.44 bits per heavy atom. The van der Waals surface area contributed by atoms with Gasteiger partial charge in [0.05, 0.1) is 6.61 Å². The average Bonchev–Trinajstić information content (AvgIpc) is 2.62. The van der Waals surface area contributed by atoms with Gasteiger partial charge in [-0.25, -0.2) is 4.79 Å². The highest BCUT2D eigenvalue weighted by atomic mass is 16.6. The second-order valence-electron chi connectivity index (χ2n) is 5.74. The molecule has 0 aliphatic heterocycles. The molecule has 5 heteroatoms. The molecule has 0 bridgehead atoms. The molecule has 2 rings (SSSR count). The zero-order valence-corrected chi connectivity index (χ0v) is 14.8. The van der Waals surface area contributed by atoms with Crippen LogP contribution in [-0.4, -0.2) is 25.1 Å².